The minimum atomic E-state index is -1.24. The maximum atomic E-state index is 13.6. The highest BCUT2D eigenvalue weighted by atomic mass is 16.4. The number of carboxylic acids is 1. The zero-order chi connectivity index (χ0) is 31.6. The van der Waals surface area contributed by atoms with Gasteiger partial charge in [0.05, 0.1) is 6.04 Å². The van der Waals surface area contributed by atoms with Crippen molar-refractivity contribution in [3.8, 4) is 0 Å². The molecule has 4 aromatic rings. The van der Waals surface area contributed by atoms with Crippen LogP contribution < -0.4 is 21.7 Å². The Bertz CT molecular complexity index is 1570. The first kappa shape index (κ1) is 32.0. The number of aliphatic carboxylic acids is 1. The summed E-state index contributed by atoms with van der Waals surface area (Å²) in [5.74, 6) is -3.23. The molecule has 0 spiro atoms. The number of nitrogens with one attached hydrogen (secondary N) is 4. The van der Waals surface area contributed by atoms with Crippen LogP contribution in [0.15, 0.2) is 91.1 Å². The number of carboxylic acid groups (broad SMARTS) is 1. The van der Waals surface area contributed by atoms with Gasteiger partial charge >= 0.3 is 5.97 Å². The molecule has 10 heteroatoms. The number of para-hydroxylation sites is 1. The molecule has 4 unspecified atom stereocenters. The average molecular weight is 598 g/mol. The van der Waals surface area contributed by atoms with E-state index in [0.29, 0.717) is 6.42 Å². The number of carbonyl (C=O) groups excluding carboxylic acids is 3. The third-order valence-corrected chi connectivity index (χ3v) is 7.51. The second-order valence-electron chi connectivity index (χ2n) is 11.2. The van der Waals surface area contributed by atoms with Gasteiger partial charge in [-0.2, -0.15) is 0 Å². The average Bonchev–Trinajstić information content (AvgIpc) is 3.42. The number of aromatic amines is 1. The number of fused-ring (bicyclic) bond motifs is 1. The molecule has 0 aliphatic heterocycles. The van der Waals surface area contributed by atoms with Gasteiger partial charge in [-0.25, -0.2) is 4.79 Å². The quantitative estimate of drug-likeness (QED) is 0.131. The topological polar surface area (TPSA) is 166 Å². The molecule has 1 heterocycles. The normalized spacial score (nSPS) is 13.9. The predicted octanol–water partition coefficient (Wildman–Crippen LogP) is 2.72. The van der Waals surface area contributed by atoms with Crippen molar-refractivity contribution >= 4 is 34.6 Å². The molecule has 0 aliphatic rings. The zero-order valence-electron chi connectivity index (χ0n) is 24.8. The minimum absolute atomic E-state index is 0.0427. The smallest absolute Gasteiger partial charge is 0.326 e. The Morgan fingerprint density at radius 1 is 0.705 bits per heavy atom. The molecule has 230 valence electrons. The minimum Gasteiger partial charge on any atom is -0.480 e. The van der Waals surface area contributed by atoms with Gasteiger partial charge < -0.3 is 31.8 Å². The second kappa shape index (κ2) is 15.0. The van der Waals surface area contributed by atoms with E-state index >= 15 is 0 Å². The number of amides is 3. The highest BCUT2D eigenvalue weighted by molar-refractivity contribution is 5.94. The molecular formula is C34H39N5O5. The van der Waals surface area contributed by atoms with E-state index in [0.717, 1.165) is 27.6 Å². The molecule has 0 fully saturated rings. The number of nitrogens with two attached hydrogens (primary N) is 1. The standard InChI is InChI=1S/C34H39N5O5/c1-21(2)30(39-31(40)26(35)17-22-11-5-3-6-12-22)33(42)37-28(18-23-13-7-4-8-14-23)32(41)38-29(34(43)44)19-24-20-36-27-16-10-9-15-25(24)27/h3-16,20-21,26,28-30,36H,17-19,35H2,1-2H3,(H,37,42)(H,38,41)(H,39,40)(H,43,44). The van der Waals surface area contributed by atoms with Crippen molar-refractivity contribution in [3.63, 3.8) is 0 Å². The van der Waals surface area contributed by atoms with Crippen molar-refractivity contribution in [2.45, 2.75) is 57.3 Å². The first-order valence-electron chi connectivity index (χ1n) is 14.6. The summed E-state index contributed by atoms with van der Waals surface area (Å²) in [6, 6.07) is 21.7. The lowest BCUT2D eigenvalue weighted by Crippen LogP contribution is -2.59. The van der Waals surface area contributed by atoms with Gasteiger partial charge in [0, 0.05) is 29.9 Å². The van der Waals surface area contributed by atoms with Crippen molar-refractivity contribution in [3.05, 3.63) is 108 Å². The SMILES string of the molecule is CC(C)C(NC(=O)C(N)Cc1ccccc1)C(=O)NC(Cc1ccccc1)C(=O)NC(Cc1c[nH]c2ccccc12)C(=O)O. The van der Waals surface area contributed by atoms with Crippen molar-refractivity contribution in [1.82, 2.24) is 20.9 Å². The number of hydrogen-bond donors (Lipinski definition) is 6. The van der Waals surface area contributed by atoms with E-state index in [4.69, 9.17) is 5.73 Å². The molecule has 0 saturated carbocycles. The molecule has 0 aliphatic carbocycles. The van der Waals surface area contributed by atoms with Crippen LogP contribution in [-0.4, -0.2) is 57.9 Å². The molecule has 0 bridgehead atoms. The van der Waals surface area contributed by atoms with Crippen LogP contribution in [0.3, 0.4) is 0 Å². The summed E-state index contributed by atoms with van der Waals surface area (Å²) in [5, 5.41) is 19.0. The summed E-state index contributed by atoms with van der Waals surface area (Å²) in [7, 11) is 0. The van der Waals surface area contributed by atoms with Crippen molar-refractivity contribution < 1.29 is 24.3 Å². The van der Waals surface area contributed by atoms with Crippen molar-refractivity contribution in [2.75, 3.05) is 0 Å². The number of aromatic nitrogens is 1. The largest absolute Gasteiger partial charge is 0.480 e. The summed E-state index contributed by atoms with van der Waals surface area (Å²) < 4.78 is 0. The van der Waals surface area contributed by atoms with Gasteiger partial charge in [-0.15, -0.1) is 0 Å². The van der Waals surface area contributed by atoms with Crippen LogP contribution in [0.1, 0.15) is 30.5 Å². The zero-order valence-corrected chi connectivity index (χ0v) is 24.8. The van der Waals surface area contributed by atoms with Gasteiger partial charge in [0.25, 0.3) is 0 Å². The van der Waals surface area contributed by atoms with Gasteiger partial charge in [-0.3, -0.25) is 14.4 Å². The third-order valence-electron chi connectivity index (χ3n) is 7.51. The lowest BCUT2D eigenvalue weighted by Gasteiger charge is -2.27. The number of benzene rings is 3. The Morgan fingerprint density at radius 2 is 1.27 bits per heavy atom. The molecule has 3 aromatic carbocycles. The molecule has 4 rings (SSSR count). The van der Waals surface area contributed by atoms with Crippen LogP contribution in [0.4, 0.5) is 0 Å². The third kappa shape index (κ3) is 8.54. The van der Waals surface area contributed by atoms with Gasteiger partial charge in [0.15, 0.2) is 0 Å². The molecule has 4 atom stereocenters. The van der Waals surface area contributed by atoms with Crippen LogP contribution in [0.2, 0.25) is 0 Å². The van der Waals surface area contributed by atoms with Crippen molar-refractivity contribution in [2.24, 2.45) is 11.7 Å². The monoisotopic (exact) mass is 597 g/mol. The molecule has 44 heavy (non-hydrogen) atoms. The fraction of sp³-hybridized carbons (Fsp3) is 0.294. The van der Waals surface area contributed by atoms with Crippen LogP contribution in [0.5, 0.6) is 0 Å². The van der Waals surface area contributed by atoms with E-state index in [2.05, 4.69) is 20.9 Å². The van der Waals surface area contributed by atoms with E-state index in [1.807, 2.05) is 84.9 Å². The first-order chi connectivity index (χ1) is 21.1. The van der Waals surface area contributed by atoms with E-state index < -0.39 is 47.9 Å². The summed E-state index contributed by atoms with van der Waals surface area (Å²) in [6.07, 6.45) is 2.19. The van der Waals surface area contributed by atoms with Crippen molar-refractivity contribution in [1.29, 1.82) is 0 Å². The van der Waals surface area contributed by atoms with E-state index in [1.165, 1.54) is 0 Å². The van der Waals surface area contributed by atoms with Crippen LogP contribution in [0.25, 0.3) is 10.9 Å². The lowest BCUT2D eigenvalue weighted by atomic mass is 9.99. The maximum Gasteiger partial charge on any atom is 0.326 e. The van der Waals surface area contributed by atoms with Crippen LogP contribution >= 0.6 is 0 Å². The van der Waals surface area contributed by atoms with Gasteiger partial charge in [-0.05, 0) is 35.1 Å². The molecule has 0 radical (unpaired) electrons. The Balaban J connectivity index is 1.49. The summed E-state index contributed by atoms with van der Waals surface area (Å²) in [5.41, 5.74) is 9.42. The molecule has 3 amide bonds. The van der Waals surface area contributed by atoms with Crippen LogP contribution in [-0.2, 0) is 38.4 Å². The van der Waals surface area contributed by atoms with Gasteiger partial charge in [0.1, 0.15) is 18.1 Å². The van der Waals surface area contributed by atoms with E-state index in [9.17, 15) is 24.3 Å². The lowest BCUT2D eigenvalue weighted by molar-refractivity contribution is -0.142. The van der Waals surface area contributed by atoms with Gasteiger partial charge in [-0.1, -0.05) is 92.7 Å². The number of H-pyrrole nitrogens is 1. The molecule has 1 aromatic heterocycles. The highest BCUT2D eigenvalue weighted by Gasteiger charge is 2.32. The van der Waals surface area contributed by atoms with Crippen LogP contribution in [0, 0.1) is 5.92 Å². The summed E-state index contributed by atoms with van der Waals surface area (Å²) >= 11 is 0. The number of carbonyl (C=O) groups is 4. The Labute approximate surface area is 256 Å². The Kier molecular flexibility index (Phi) is 10.9. The van der Waals surface area contributed by atoms with E-state index in [-0.39, 0.29) is 18.8 Å². The summed E-state index contributed by atoms with van der Waals surface area (Å²) in [6.45, 7) is 3.56. The van der Waals surface area contributed by atoms with E-state index in [1.54, 1.807) is 20.0 Å². The Morgan fingerprint density at radius 3 is 1.89 bits per heavy atom. The molecule has 0 saturated heterocycles. The number of rotatable bonds is 14. The summed E-state index contributed by atoms with van der Waals surface area (Å²) in [4.78, 5) is 55.5. The predicted molar refractivity (Wildman–Crippen MR) is 169 cm³/mol. The maximum absolute atomic E-state index is 13.6. The second-order valence-corrected chi connectivity index (χ2v) is 11.2. The molecule has 10 nitrogen and oxygen atoms in total. The first-order valence-corrected chi connectivity index (χ1v) is 14.6. The highest BCUT2D eigenvalue weighted by Crippen LogP contribution is 2.19. The Hall–Kier alpha value is -4.96. The fourth-order valence-corrected chi connectivity index (χ4v) is 5.07. The molecule has 7 N–H and O–H groups in total. The number of hydrogen-bond acceptors (Lipinski definition) is 5. The van der Waals surface area contributed by atoms with Gasteiger partial charge in [0.2, 0.25) is 17.7 Å². The molecular weight excluding hydrogens is 558 g/mol. The fourth-order valence-electron chi connectivity index (χ4n) is 5.07.